The zero-order valence-corrected chi connectivity index (χ0v) is 14.1. The second-order valence-electron chi connectivity index (χ2n) is 5.33. The lowest BCUT2D eigenvalue weighted by Crippen LogP contribution is -2.03. The van der Waals surface area contributed by atoms with Gasteiger partial charge in [-0.1, -0.05) is 57.8 Å². The van der Waals surface area contributed by atoms with E-state index in [-0.39, 0.29) is 0 Å². The molecule has 0 saturated carbocycles. The minimum atomic E-state index is 0.622. The molecule has 3 aromatic rings. The van der Waals surface area contributed by atoms with E-state index in [2.05, 4.69) is 86.7 Å². The predicted molar refractivity (Wildman–Crippen MR) is 89.7 cm³/mol. The molecule has 0 bridgehead atoms. The van der Waals surface area contributed by atoms with Crippen molar-refractivity contribution < 1.29 is 0 Å². The maximum atomic E-state index is 3.58. The Kier molecular flexibility index (Phi) is 3.44. The Morgan fingerprint density at radius 1 is 0.895 bits per heavy atom. The van der Waals surface area contributed by atoms with E-state index in [0.29, 0.717) is 5.92 Å². The van der Waals surface area contributed by atoms with Crippen molar-refractivity contribution in [2.45, 2.75) is 20.4 Å². The fourth-order valence-corrected chi connectivity index (χ4v) is 3.30. The number of nitrogens with zero attached hydrogens (tertiary/aromatic N) is 1. The van der Waals surface area contributed by atoms with E-state index in [1.807, 2.05) is 0 Å². The minimum Gasteiger partial charge on any atom is -0.340 e. The summed E-state index contributed by atoms with van der Waals surface area (Å²) in [5.74, 6) is 0.622. The van der Waals surface area contributed by atoms with Gasteiger partial charge < -0.3 is 4.57 Å². The second kappa shape index (κ2) is 4.95. The van der Waals surface area contributed by atoms with Crippen molar-refractivity contribution in [2.75, 3.05) is 0 Å². The van der Waals surface area contributed by atoms with Crippen molar-refractivity contribution in [1.82, 2.24) is 4.57 Å². The molecule has 0 aliphatic carbocycles. The van der Waals surface area contributed by atoms with E-state index in [1.54, 1.807) is 0 Å². The molecule has 0 fully saturated rings. The zero-order valence-electron chi connectivity index (χ0n) is 11.0. The first-order valence-corrected chi connectivity index (χ1v) is 8.02. The lowest BCUT2D eigenvalue weighted by atomic mass is 10.2. The molecule has 0 N–H and O–H groups in total. The van der Waals surface area contributed by atoms with Crippen molar-refractivity contribution in [1.29, 1.82) is 0 Å². The molecule has 19 heavy (non-hydrogen) atoms. The van der Waals surface area contributed by atoms with Gasteiger partial charge in [-0.3, -0.25) is 0 Å². The molecule has 0 saturated heterocycles. The van der Waals surface area contributed by atoms with E-state index < -0.39 is 0 Å². The predicted octanol–water partition coefficient (Wildman–Crippen LogP) is 5.98. The summed E-state index contributed by atoms with van der Waals surface area (Å²) in [5.41, 5.74) is 2.60. The molecule has 0 radical (unpaired) electrons. The van der Waals surface area contributed by atoms with Gasteiger partial charge in [0.2, 0.25) is 0 Å². The summed E-state index contributed by atoms with van der Waals surface area (Å²) in [6.07, 6.45) is 0. The Hall–Kier alpha value is -0.800. The summed E-state index contributed by atoms with van der Waals surface area (Å²) in [4.78, 5) is 0. The Bertz CT molecular complexity index is 697. The highest BCUT2D eigenvalue weighted by Crippen LogP contribution is 2.33. The van der Waals surface area contributed by atoms with Gasteiger partial charge in [-0.05, 0) is 30.2 Å². The zero-order chi connectivity index (χ0) is 13.6. The van der Waals surface area contributed by atoms with Crippen LogP contribution in [0.2, 0.25) is 0 Å². The number of fused-ring (bicyclic) bond motifs is 3. The lowest BCUT2D eigenvalue weighted by Gasteiger charge is -2.10. The third-order valence-electron chi connectivity index (χ3n) is 3.34. The van der Waals surface area contributed by atoms with Crippen molar-refractivity contribution in [3.05, 3.63) is 45.3 Å². The minimum absolute atomic E-state index is 0.622. The maximum absolute atomic E-state index is 3.58. The third kappa shape index (κ3) is 2.34. The Morgan fingerprint density at radius 2 is 1.37 bits per heavy atom. The molecule has 1 heterocycles. The Balaban J connectivity index is 2.43. The van der Waals surface area contributed by atoms with Crippen LogP contribution >= 0.6 is 31.9 Å². The highest BCUT2D eigenvalue weighted by atomic mass is 79.9. The average molecular weight is 381 g/mol. The number of benzene rings is 2. The van der Waals surface area contributed by atoms with Crippen LogP contribution in [-0.2, 0) is 6.54 Å². The summed E-state index contributed by atoms with van der Waals surface area (Å²) in [6.45, 7) is 5.55. The van der Waals surface area contributed by atoms with Gasteiger partial charge in [0.1, 0.15) is 0 Å². The first-order chi connectivity index (χ1) is 9.06. The molecule has 0 aliphatic rings. The van der Waals surface area contributed by atoms with Crippen LogP contribution in [0.25, 0.3) is 21.8 Å². The van der Waals surface area contributed by atoms with E-state index >= 15 is 0 Å². The van der Waals surface area contributed by atoms with E-state index in [4.69, 9.17) is 0 Å². The molecule has 3 rings (SSSR count). The number of aromatic nitrogens is 1. The first kappa shape index (κ1) is 13.2. The summed E-state index contributed by atoms with van der Waals surface area (Å²) < 4.78 is 4.68. The van der Waals surface area contributed by atoms with Crippen molar-refractivity contribution >= 4 is 53.7 Å². The normalized spacial score (nSPS) is 11.8. The fraction of sp³-hybridized carbons (Fsp3) is 0.250. The molecule has 0 unspecified atom stereocenters. The summed E-state index contributed by atoms with van der Waals surface area (Å²) in [7, 11) is 0. The largest absolute Gasteiger partial charge is 0.340 e. The average Bonchev–Trinajstić information content (AvgIpc) is 2.62. The molecular weight excluding hydrogens is 366 g/mol. The van der Waals surface area contributed by atoms with E-state index in [9.17, 15) is 0 Å². The summed E-state index contributed by atoms with van der Waals surface area (Å²) >= 11 is 7.16. The van der Waals surface area contributed by atoms with Crippen molar-refractivity contribution in [3.63, 3.8) is 0 Å². The van der Waals surface area contributed by atoms with Crippen LogP contribution < -0.4 is 0 Å². The van der Waals surface area contributed by atoms with E-state index in [1.165, 1.54) is 21.8 Å². The van der Waals surface area contributed by atoms with Gasteiger partial charge in [-0.25, -0.2) is 0 Å². The molecule has 98 valence electrons. The molecule has 3 heteroatoms. The number of halogens is 2. The Labute approximate surface area is 129 Å². The first-order valence-electron chi connectivity index (χ1n) is 6.43. The van der Waals surface area contributed by atoms with Crippen LogP contribution in [0.15, 0.2) is 45.3 Å². The van der Waals surface area contributed by atoms with Gasteiger partial charge in [-0.2, -0.15) is 0 Å². The number of hydrogen-bond acceptors (Lipinski definition) is 0. The van der Waals surface area contributed by atoms with Crippen molar-refractivity contribution in [2.24, 2.45) is 5.92 Å². The summed E-state index contributed by atoms with van der Waals surface area (Å²) in [6, 6.07) is 13.1. The second-order valence-corrected chi connectivity index (χ2v) is 7.16. The lowest BCUT2D eigenvalue weighted by molar-refractivity contribution is 0.545. The van der Waals surface area contributed by atoms with Gasteiger partial charge in [0.15, 0.2) is 0 Å². The van der Waals surface area contributed by atoms with Crippen LogP contribution in [0.1, 0.15) is 13.8 Å². The molecule has 0 spiro atoms. The van der Waals surface area contributed by atoms with Crippen LogP contribution in [0.4, 0.5) is 0 Å². The van der Waals surface area contributed by atoms with E-state index in [0.717, 1.165) is 15.5 Å². The topological polar surface area (TPSA) is 4.93 Å². The molecule has 1 nitrogen and oxygen atoms in total. The molecule has 1 aromatic heterocycles. The number of rotatable bonds is 2. The van der Waals surface area contributed by atoms with Crippen LogP contribution in [0.5, 0.6) is 0 Å². The van der Waals surface area contributed by atoms with Gasteiger partial charge >= 0.3 is 0 Å². The quantitative estimate of drug-likeness (QED) is 0.515. The van der Waals surface area contributed by atoms with Gasteiger partial charge in [0, 0.05) is 26.3 Å². The third-order valence-corrected chi connectivity index (χ3v) is 4.33. The standard InChI is InChI=1S/C16H15Br2N/c1-10(2)9-19-15-7-11(17)3-5-13(15)14-6-4-12(18)8-16(14)19/h3-8,10H,9H2,1-2H3. The molecule has 2 aromatic carbocycles. The molecule has 0 amide bonds. The molecule has 0 atom stereocenters. The van der Waals surface area contributed by atoms with Gasteiger partial charge in [-0.15, -0.1) is 0 Å². The smallest absolute Gasteiger partial charge is 0.0502 e. The molecular formula is C16H15Br2N. The number of hydrogen-bond donors (Lipinski definition) is 0. The van der Waals surface area contributed by atoms with Crippen LogP contribution in [-0.4, -0.2) is 4.57 Å². The SMILES string of the molecule is CC(C)Cn1c2cc(Br)ccc2c2ccc(Br)cc21. The maximum Gasteiger partial charge on any atom is 0.0502 e. The summed E-state index contributed by atoms with van der Waals surface area (Å²) in [5, 5.41) is 2.65. The van der Waals surface area contributed by atoms with Gasteiger partial charge in [0.25, 0.3) is 0 Å². The molecule has 0 aliphatic heterocycles. The highest BCUT2D eigenvalue weighted by Gasteiger charge is 2.12. The van der Waals surface area contributed by atoms with Gasteiger partial charge in [0.05, 0.1) is 11.0 Å². The highest BCUT2D eigenvalue weighted by molar-refractivity contribution is 9.10. The van der Waals surface area contributed by atoms with Crippen molar-refractivity contribution in [3.8, 4) is 0 Å². The Morgan fingerprint density at radius 3 is 1.79 bits per heavy atom. The van der Waals surface area contributed by atoms with Crippen LogP contribution in [0, 0.1) is 5.92 Å². The monoisotopic (exact) mass is 379 g/mol. The van der Waals surface area contributed by atoms with Crippen LogP contribution in [0.3, 0.4) is 0 Å². The fourth-order valence-electron chi connectivity index (χ4n) is 2.60.